The van der Waals surface area contributed by atoms with Crippen LogP contribution in [0.3, 0.4) is 0 Å². The summed E-state index contributed by atoms with van der Waals surface area (Å²) in [5.41, 5.74) is 1.73. The topological polar surface area (TPSA) is 102 Å². The van der Waals surface area contributed by atoms with Gasteiger partial charge in [-0.05, 0) is 43.3 Å². The molecular formula is C23H22ClN5O4. The van der Waals surface area contributed by atoms with Crippen molar-refractivity contribution in [3.05, 3.63) is 75.6 Å². The molecule has 0 aliphatic carbocycles. The Labute approximate surface area is 195 Å². The molecule has 1 saturated heterocycles. The average Bonchev–Trinajstić information content (AvgIpc) is 2.84. The Hall–Kier alpha value is -3.72. The van der Waals surface area contributed by atoms with Gasteiger partial charge in [0.1, 0.15) is 22.9 Å². The Kier molecular flexibility index (Phi) is 6.69. The van der Waals surface area contributed by atoms with Gasteiger partial charge in [0.25, 0.3) is 11.6 Å². The number of carbonyl (C=O) groups is 1. The zero-order valence-corrected chi connectivity index (χ0v) is 18.7. The Morgan fingerprint density at radius 1 is 1.09 bits per heavy atom. The van der Waals surface area contributed by atoms with E-state index in [4.69, 9.17) is 16.3 Å². The molecule has 3 aromatic rings. The Morgan fingerprint density at radius 3 is 2.48 bits per heavy atom. The fourth-order valence-corrected chi connectivity index (χ4v) is 3.86. The van der Waals surface area contributed by atoms with Crippen molar-refractivity contribution in [3.63, 3.8) is 0 Å². The number of hydrogen-bond acceptors (Lipinski definition) is 7. The molecule has 1 amide bonds. The highest BCUT2D eigenvalue weighted by atomic mass is 35.5. The third kappa shape index (κ3) is 5.04. The summed E-state index contributed by atoms with van der Waals surface area (Å²) < 4.78 is 5.49. The number of nitrogens with zero attached hydrogens (tertiary/aromatic N) is 5. The van der Waals surface area contributed by atoms with Crippen molar-refractivity contribution in [1.82, 2.24) is 14.9 Å². The molecule has 0 bridgehead atoms. The number of nitro benzene ring substituents is 1. The van der Waals surface area contributed by atoms with Crippen LogP contribution in [0, 0.1) is 10.1 Å². The van der Waals surface area contributed by atoms with Gasteiger partial charge >= 0.3 is 0 Å². The van der Waals surface area contributed by atoms with E-state index >= 15 is 0 Å². The normalized spacial score (nSPS) is 13.6. The molecule has 170 valence electrons. The molecule has 0 N–H and O–H groups in total. The van der Waals surface area contributed by atoms with Crippen molar-refractivity contribution in [2.24, 2.45) is 0 Å². The summed E-state index contributed by atoms with van der Waals surface area (Å²) in [4.78, 5) is 35.9. The van der Waals surface area contributed by atoms with E-state index in [-0.39, 0.29) is 22.2 Å². The highest BCUT2D eigenvalue weighted by molar-refractivity contribution is 6.32. The van der Waals surface area contributed by atoms with Gasteiger partial charge in [0.15, 0.2) is 0 Å². The van der Waals surface area contributed by atoms with Crippen molar-refractivity contribution < 1.29 is 14.5 Å². The van der Waals surface area contributed by atoms with Gasteiger partial charge in [0, 0.05) is 49.4 Å². The largest absolute Gasteiger partial charge is 0.494 e. The van der Waals surface area contributed by atoms with Crippen molar-refractivity contribution >= 4 is 29.0 Å². The summed E-state index contributed by atoms with van der Waals surface area (Å²) >= 11 is 5.86. The minimum absolute atomic E-state index is 0.00784. The quantitative estimate of drug-likeness (QED) is 0.397. The summed E-state index contributed by atoms with van der Waals surface area (Å²) in [6.07, 6.45) is 1.53. The van der Waals surface area contributed by atoms with Gasteiger partial charge < -0.3 is 14.5 Å². The molecule has 1 aromatic heterocycles. The second-order valence-corrected chi connectivity index (χ2v) is 7.83. The summed E-state index contributed by atoms with van der Waals surface area (Å²) in [6, 6.07) is 13.8. The number of hydrogen-bond donors (Lipinski definition) is 0. The number of benzene rings is 2. The minimum Gasteiger partial charge on any atom is -0.494 e. The van der Waals surface area contributed by atoms with Gasteiger partial charge in [-0.1, -0.05) is 11.6 Å². The number of piperazine rings is 1. The van der Waals surface area contributed by atoms with Crippen LogP contribution in [0.1, 0.15) is 17.3 Å². The van der Waals surface area contributed by atoms with Gasteiger partial charge in [-0.25, -0.2) is 9.97 Å². The van der Waals surface area contributed by atoms with Gasteiger partial charge in [-0.2, -0.15) is 0 Å². The van der Waals surface area contributed by atoms with E-state index in [2.05, 4.69) is 14.9 Å². The SMILES string of the molecule is CCOc1ccc(-c2cc(N3CCN(C(=O)c4ccc(Cl)c([N+](=O)[O-])c4)CC3)ncn2)cc1. The first-order valence-electron chi connectivity index (χ1n) is 10.5. The summed E-state index contributed by atoms with van der Waals surface area (Å²) in [7, 11) is 0. The van der Waals surface area contributed by atoms with E-state index in [0.29, 0.717) is 32.8 Å². The lowest BCUT2D eigenvalue weighted by Gasteiger charge is -2.35. The molecule has 10 heteroatoms. The van der Waals surface area contributed by atoms with Crippen LogP contribution in [-0.4, -0.2) is 58.5 Å². The fraction of sp³-hybridized carbons (Fsp3) is 0.261. The highest BCUT2D eigenvalue weighted by Gasteiger charge is 2.25. The molecule has 0 radical (unpaired) electrons. The predicted molar refractivity (Wildman–Crippen MR) is 125 cm³/mol. The van der Waals surface area contributed by atoms with Crippen molar-refractivity contribution in [2.45, 2.75) is 6.92 Å². The third-order valence-corrected chi connectivity index (χ3v) is 5.71. The molecule has 1 aliphatic heterocycles. The number of aromatic nitrogens is 2. The smallest absolute Gasteiger partial charge is 0.288 e. The number of amides is 1. The lowest BCUT2D eigenvalue weighted by Crippen LogP contribution is -2.49. The first kappa shape index (κ1) is 22.5. The number of halogens is 1. The molecule has 0 saturated carbocycles. The van der Waals surface area contributed by atoms with Crippen LogP contribution in [0.15, 0.2) is 54.9 Å². The molecule has 1 fully saturated rings. The number of nitro groups is 1. The molecule has 2 heterocycles. The van der Waals surface area contributed by atoms with E-state index in [0.717, 1.165) is 22.8 Å². The Balaban J connectivity index is 1.43. The van der Waals surface area contributed by atoms with Gasteiger partial charge in [0.2, 0.25) is 0 Å². The molecule has 0 unspecified atom stereocenters. The zero-order chi connectivity index (χ0) is 23.4. The highest BCUT2D eigenvalue weighted by Crippen LogP contribution is 2.27. The summed E-state index contributed by atoms with van der Waals surface area (Å²) in [5.74, 6) is 1.33. The summed E-state index contributed by atoms with van der Waals surface area (Å²) in [6.45, 7) is 4.66. The van der Waals surface area contributed by atoms with Crippen LogP contribution in [0.4, 0.5) is 11.5 Å². The average molecular weight is 468 g/mol. The van der Waals surface area contributed by atoms with Crippen LogP contribution in [0.2, 0.25) is 5.02 Å². The molecule has 33 heavy (non-hydrogen) atoms. The zero-order valence-electron chi connectivity index (χ0n) is 18.0. The lowest BCUT2D eigenvalue weighted by atomic mass is 10.1. The van der Waals surface area contributed by atoms with E-state index in [1.807, 2.05) is 37.3 Å². The van der Waals surface area contributed by atoms with Gasteiger partial charge in [0.05, 0.1) is 17.2 Å². The number of carbonyl (C=O) groups excluding carboxylic acids is 1. The number of anilines is 1. The van der Waals surface area contributed by atoms with E-state index < -0.39 is 4.92 Å². The lowest BCUT2D eigenvalue weighted by molar-refractivity contribution is -0.384. The fourth-order valence-electron chi connectivity index (χ4n) is 3.67. The molecule has 1 aliphatic rings. The predicted octanol–water partition coefficient (Wildman–Crippen LogP) is 4.07. The van der Waals surface area contributed by atoms with E-state index in [1.165, 1.54) is 24.5 Å². The van der Waals surface area contributed by atoms with Crippen molar-refractivity contribution in [3.8, 4) is 17.0 Å². The molecular weight excluding hydrogens is 446 g/mol. The van der Waals surface area contributed by atoms with Crippen LogP contribution < -0.4 is 9.64 Å². The van der Waals surface area contributed by atoms with Crippen molar-refractivity contribution in [1.29, 1.82) is 0 Å². The maximum absolute atomic E-state index is 12.8. The molecule has 4 rings (SSSR count). The first-order valence-corrected chi connectivity index (χ1v) is 10.9. The third-order valence-electron chi connectivity index (χ3n) is 5.39. The Bertz CT molecular complexity index is 1160. The second kappa shape index (κ2) is 9.83. The maximum Gasteiger partial charge on any atom is 0.288 e. The van der Waals surface area contributed by atoms with Crippen LogP contribution in [0.5, 0.6) is 5.75 Å². The summed E-state index contributed by atoms with van der Waals surface area (Å²) in [5, 5.41) is 11.1. The standard InChI is InChI=1S/C23H22ClN5O4/c1-2-33-18-6-3-16(4-7-18)20-14-22(26-15-25-20)27-9-11-28(12-10-27)23(30)17-5-8-19(24)21(13-17)29(31)32/h3-8,13-15H,2,9-12H2,1H3. The molecule has 9 nitrogen and oxygen atoms in total. The number of ether oxygens (including phenoxy) is 1. The Morgan fingerprint density at radius 2 is 1.82 bits per heavy atom. The van der Waals surface area contributed by atoms with E-state index in [9.17, 15) is 14.9 Å². The first-order chi connectivity index (χ1) is 16.0. The van der Waals surface area contributed by atoms with Crippen LogP contribution >= 0.6 is 11.6 Å². The van der Waals surface area contributed by atoms with E-state index in [1.54, 1.807) is 4.90 Å². The second-order valence-electron chi connectivity index (χ2n) is 7.42. The number of rotatable bonds is 6. The van der Waals surface area contributed by atoms with Gasteiger partial charge in [-0.3, -0.25) is 14.9 Å². The minimum atomic E-state index is -0.589. The van der Waals surface area contributed by atoms with Crippen molar-refractivity contribution in [2.75, 3.05) is 37.7 Å². The van der Waals surface area contributed by atoms with Crippen LogP contribution in [-0.2, 0) is 0 Å². The van der Waals surface area contributed by atoms with Crippen LogP contribution in [0.25, 0.3) is 11.3 Å². The molecule has 0 spiro atoms. The van der Waals surface area contributed by atoms with Gasteiger partial charge in [-0.15, -0.1) is 0 Å². The molecule has 2 aromatic carbocycles. The monoisotopic (exact) mass is 467 g/mol. The molecule has 0 atom stereocenters. The maximum atomic E-state index is 12.8.